The first-order valence-corrected chi connectivity index (χ1v) is 10.1. The van der Waals surface area contributed by atoms with Crippen LogP contribution in [0.15, 0.2) is 48.7 Å². The molecule has 2 fully saturated rings. The van der Waals surface area contributed by atoms with Gasteiger partial charge in [0.15, 0.2) is 0 Å². The molecular weight excluding hydrogens is 370 g/mol. The number of ether oxygens (including phenoxy) is 3. The zero-order valence-electron chi connectivity index (χ0n) is 16.5. The van der Waals surface area contributed by atoms with Crippen molar-refractivity contribution in [2.45, 2.75) is 12.7 Å². The largest absolute Gasteiger partial charge is 0.473 e. The van der Waals surface area contributed by atoms with Gasteiger partial charge in [-0.15, -0.1) is 0 Å². The molecule has 2 saturated heterocycles. The lowest BCUT2D eigenvalue weighted by Crippen LogP contribution is -2.51. The van der Waals surface area contributed by atoms with Crippen LogP contribution < -0.4 is 4.74 Å². The van der Waals surface area contributed by atoms with Crippen molar-refractivity contribution in [1.29, 1.82) is 0 Å². The van der Waals surface area contributed by atoms with Crippen LogP contribution in [0.4, 0.5) is 0 Å². The van der Waals surface area contributed by atoms with Gasteiger partial charge in [0.05, 0.1) is 25.9 Å². The fraction of sp³-hybridized carbons (Fsp3) is 0.455. The summed E-state index contributed by atoms with van der Waals surface area (Å²) >= 11 is 0. The Morgan fingerprint density at radius 1 is 1.10 bits per heavy atom. The molecule has 29 heavy (non-hydrogen) atoms. The molecule has 7 nitrogen and oxygen atoms in total. The molecule has 0 N–H and O–H groups in total. The first-order chi connectivity index (χ1) is 14.3. The first-order valence-electron chi connectivity index (χ1n) is 10.1. The van der Waals surface area contributed by atoms with E-state index in [1.807, 2.05) is 35.2 Å². The molecule has 2 aromatic rings. The van der Waals surface area contributed by atoms with E-state index in [0.29, 0.717) is 51.0 Å². The van der Waals surface area contributed by atoms with Crippen LogP contribution in [0.2, 0.25) is 0 Å². The summed E-state index contributed by atoms with van der Waals surface area (Å²) in [4.78, 5) is 21.4. The predicted molar refractivity (Wildman–Crippen MR) is 108 cm³/mol. The number of piperazine rings is 1. The number of carbonyl (C=O) groups excluding carboxylic acids is 1. The van der Waals surface area contributed by atoms with Crippen molar-refractivity contribution in [3.8, 4) is 5.88 Å². The molecule has 3 heterocycles. The van der Waals surface area contributed by atoms with Crippen LogP contribution in [-0.4, -0.2) is 79.3 Å². The third-order valence-electron chi connectivity index (χ3n) is 5.22. The van der Waals surface area contributed by atoms with Gasteiger partial charge in [-0.2, -0.15) is 0 Å². The van der Waals surface area contributed by atoms with E-state index in [1.54, 1.807) is 18.3 Å². The second-order valence-corrected chi connectivity index (χ2v) is 7.32. The summed E-state index contributed by atoms with van der Waals surface area (Å²) in [6.07, 6.45) is 1.76. The van der Waals surface area contributed by atoms with Gasteiger partial charge in [-0.05, 0) is 11.6 Å². The van der Waals surface area contributed by atoms with Crippen molar-refractivity contribution in [2.75, 3.05) is 52.5 Å². The molecule has 154 valence electrons. The molecule has 0 saturated carbocycles. The summed E-state index contributed by atoms with van der Waals surface area (Å²) in [5.74, 6) is 0.488. The van der Waals surface area contributed by atoms with Crippen LogP contribution in [0, 0.1) is 0 Å². The van der Waals surface area contributed by atoms with Crippen molar-refractivity contribution in [3.63, 3.8) is 0 Å². The Balaban J connectivity index is 1.28. The molecule has 2 aliphatic rings. The number of hydrogen-bond donors (Lipinski definition) is 0. The Bertz CT molecular complexity index is 788. The minimum absolute atomic E-state index is 0.0221. The Morgan fingerprint density at radius 3 is 2.69 bits per heavy atom. The fourth-order valence-corrected chi connectivity index (χ4v) is 3.60. The Kier molecular flexibility index (Phi) is 6.71. The van der Waals surface area contributed by atoms with E-state index in [1.165, 1.54) is 0 Å². The predicted octanol–water partition coefficient (Wildman–Crippen LogP) is 1.83. The number of rotatable bonds is 6. The van der Waals surface area contributed by atoms with Crippen molar-refractivity contribution >= 4 is 5.91 Å². The molecule has 4 rings (SSSR count). The Hall–Kier alpha value is -2.48. The summed E-state index contributed by atoms with van der Waals surface area (Å²) in [7, 11) is 0. The molecule has 1 unspecified atom stereocenters. The van der Waals surface area contributed by atoms with E-state index < -0.39 is 0 Å². The highest BCUT2D eigenvalue weighted by Crippen LogP contribution is 2.15. The highest BCUT2D eigenvalue weighted by molar-refractivity contribution is 5.94. The molecule has 7 heteroatoms. The van der Waals surface area contributed by atoms with Crippen molar-refractivity contribution in [2.24, 2.45) is 0 Å². The van der Waals surface area contributed by atoms with Crippen LogP contribution in [0.3, 0.4) is 0 Å². The van der Waals surface area contributed by atoms with Gasteiger partial charge >= 0.3 is 0 Å². The Morgan fingerprint density at radius 2 is 1.93 bits per heavy atom. The summed E-state index contributed by atoms with van der Waals surface area (Å²) in [6, 6.07) is 13.4. The molecule has 0 radical (unpaired) electrons. The van der Waals surface area contributed by atoms with Crippen LogP contribution >= 0.6 is 0 Å². The average molecular weight is 397 g/mol. The smallest absolute Gasteiger partial charge is 0.254 e. The minimum Gasteiger partial charge on any atom is -0.473 e. The third-order valence-corrected chi connectivity index (χ3v) is 5.22. The lowest BCUT2D eigenvalue weighted by atomic mass is 10.2. The normalized spacial score (nSPS) is 20.4. The second kappa shape index (κ2) is 9.82. The maximum atomic E-state index is 12.9. The molecule has 0 spiro atoms. The summed E-state index contributed by atoms with van der Waals surface area (Å²) in [5.41, 5.74) is 1.68. The van der Waals surface area contributed by atoms with Gasteiger partial charge in [-0.25, -0.2) is 4.98 Å². The van der Waals surface area contributed by atoms with E-state index in [-0.39, 0.29) is 12.0 Å². The number of benzene rings is 1. The SMILES string of the molecule is O=C(c1ccnc(OCc2ccccc2)c1)N1CCN(CC2COCCO2)CC1. The quantitative estimate of drug-likeness (QED) is 0.741. The third kappa shape index (κ3) is 5.53. The van der Waals surface area contributed by atoms with Crippen molar-refractivity contribution < 1.29 is 19.0 Å². The summed E-state index contributed by atoms with van der Waals surface area (Å²) in [6.45, 7) is 6.38. The monoisotopic (exact) mass is 397 g/mol. The maximum Gasteiger partial charge on any atom is 0.254 e. The van der Waals surface area contributed by atoms with Gasteiger partial charge in [0.2, 0.25) is 5.88 Å². The minimum atomic E-state index is 0.0221. The van der Waals surface area contributed by atoms with Crippen molar-refractivity contribution in [3.05, 3.63) is 59.8 Å². The summed E-state index contributed by atoms with van der Waals surface area (Å²) in [5, 5.41) is 0. The summed E-state index contributed by atoms with van der Waals surface area (Å²) < 4.78 is 16.9. The number of aromatic nitrogens is 1. The number of carbonyl (C=O) groups is 1. The molecule has 0 bridgehead atoms. The molecule has 1 amide bonds. The molecule has 1 aromatic carbocycles. The lowest BCUT2D eigenvalue weighted by Gasteiger charge is -2.37. The Labute approximate surface area is 171 Å². The molecule has 1 atom stereocenters. The average Bonchev–Trinajstić information content (AvgIpc) is 2.79. The van der Waals surface area contributed by atoms with E-state index >= 15 is 0 Å². The van der Waals surface area contributed by atoms with Crippen LogP contribution in [0.1, 0.15) is 15.9 Å². The van der Waals surface area contributed by atoms with Crippen LogP contribution in [0.25, 0.3) is 0 Å². The molecular formula is C22H27N3O4. The molecule has 1 aromatic heterocycles. The van der Waals surface area contributed by atoms with E-state index in [9.17, 15) is 4.79 Å². The zero-order chi connectivity index (χ0) is 19.9. The van der Waals surface area contributed by atoms with Gasteiger partial charge < -0.3 is 19.1 Å². The lowest BCUT2D eigenvalue weighted by molar-refractivity contribution is -0.0994. The molecule has 2 aliphatic heterocycles. The number of pyridine rings is 1. The topological polar surface area (TPSA) is 64.1 Å². The molecule has 0 aliphatic carbocycles. The van der Waals surface area contributed by atoms with Gasteiger partial charge in [0.1, 0.15) is 6.61 Å². The van der Waals surface area contributed by atoms with Crippen LogP contribution in [0.5, 0.6) is 5.88 Å². The number of nitrogens with zero attached hydrogens (tertiary/aromatic N) is 3. The van der Waals surface area contributed by atoms with E-state index in [0.717, 1.165) is 25.2 Å². The van der Waals surface area contributed by atoms with Crippen LogP contribution in [-0.2, 0) is 16.1 Å². The highest BCUT2D eigenvalue weighted by Gasteiger charge is 2.25. The zero-order valence-corrected chi connectivity index (χ0v) is 16.5. The van der Waals surface area contributed by atoms with E-state index in [4.69, 9.17) is 14.2 Å². The van der Waals surface area contributed by atoms with Gasteiger partial charge in [0.25, 0.3) is 5.91 Å². The fourth-order valence-electron chi connectivity index (χ4n) is 3.60. The van der Waals surface area contributed by atoms with Gasteiger partial charge in [-0.3, -0.25) is 9.69 Å². The van der Waals surface area contributed by atoms with Gasteiger partial charge in [0, 0.05) is 50.6 Å². The second-order valence-electron chi connectivity index (χ2n) is 7.32. The maximum absolute atomic E-state index is 12.9. The number of hydrogen-bond acceptors (Lipinski definition) is 6. The standard InChI is InChI=1S/C22H27N3O4/c26-22(25-10-8-24(9-11-25)15-20-17-27-12-13-28-20)19-6-7-23-21(14-19)29-16-18-4-2-1-3-5-18/h1-7,14,20H,8-13,15-17H2. The highest BCUT2D eigenvalue weighted by atomic mass is 16.6. The van der Waals surface area contributed by atoms with E-state index in [2.05, 4.69) is 9.88 Å². The van der Waals surface area contributed by atoms with Crippen molar-refractivity contribution in [1.82, 2.24) is 14.8 Å². The van der Waals surface area contributed by atoms with Gasteiger partial charge in [-0.1, -0.05) is 30.3 Å². The number of amides is 1. The first kappa shape index (κ1) is 19.8.